The molecule has 40 valence electrons. The van der Waals surface area contributed by atoms with E-state index in [1.165, 1.54) is 0 Å². The van der Waals surface area contributed by atoms with Crippen LogP contribution in [0.5, 0.6) is 0 Å². The first-order valence-electron chi connectivity index (χ1n) is 0.940. The van der Waals surface area contributed by atoms with Crippen LogP contribution < -0.4 is 5.90 Å². The fourth-order valence-corrected chi connectivity index (χ4v) is 0. The average molecular weight is 135 g/mol. The molecular formula is CH6KNO4. The van der Waals surface area contributed by atoms with Crippen molar-refractivity contribution in [3.05, 3.63) is 5.21 Å². The van der Waals surface area contributed by atoms with Gasteiger partial charge in [-0.05, 0) is 0 Å². The zero-order valence-electron chi connectivity index (χ0n) is 2.92. The molecule has 0 amide bonds. The Labute approximate surface area is 82.5 Å². The third kappa shape index (κ3) is 233. The zero-order chi connectivity index (χ0) is 5.58. The number of rotatable bonds is 0. The fraction of sp³-hybridized carbons (Fsp3) is 0. The van der Waals surface area contributed by atoms with Gasteiger partial charge in [0, 0.05) is 0 Å². The summed E-state index contributed by atoms with van der Waals surface area (Å²) in [6.45, 7) is 0. The maximum Gasteiger partial charge on any atom is -0.397 e. The molecule has 0 aromatic rings. The Balaban J connectivity index is -0.0000000480. The molecule has 5 nitrogen and oxygen atoms in total. The van der Waals surface area contributed by atoms with E-state index >= 15 is 0 Å². The van der Waals surface area contributed by atoms with Gasteiger partial charge in [-0.15, -0.1) is 0 Å². The van der Waals surface area contributed by atoms with E-state index in [1.54, 1.807) is 0 Å². The van der Waals surface area contributed by atoms with Gasteiger partial charge in [-0.2, -0.15) is 0 Å². The SMILES string of the molecule is O=C(O)O.[KH].[NH3+][O-]. The van der Waals surface area contributed by atoms with Gasteiger partial charge in [0.2, 0.25) is 0 Å². The van der Waals surface area contributed by atoms with Crippen LogP contribution in [0, 0.1) is 5.21 Å². The largest absolute Gasteiger partial charge is 0.637 e. The summed E-state index contributed by atoms with van der Waals surface area (Å²) in [6, 6.07) is 0. The second-order valence-corrected chi connectivity index (χ2v) is 0.283. The van der Waals surface area contributed by atoms with Crippen LogP contribution in [-0.2, 0) is 0 Å². The summed E-state index contributed by atoms with van der Waals surface area (Å²) in [7, 11) is 0. The molecule has 0 rings (SSSR count). The van der Waals surface area contributed by atoms with Crippen LogP contribution in [0.25, 0.3) is 0 Å². The van der Waals surface area contributed by atoms with E-state index in [2.05, 4.69) is 0 Å². The maximum absolute atomic E-state index is 8.56. The predicted molar refractivity (Wildman–Crippen MR) is 24.1 cm³/mol. The van der Waals surface area contributed by atoms with Crippen LogP contribution in [-0.4, -0.2) is 67.8 Å². The van der Waals surface area contributed by atoms with Crippen molar-refractivity contribution in [2.45, 2.75) is 0 Å². The molecule has 0 radical (unpaired) electrons. The third-order valence-corrected chi connectivity index (χ3v) is 0. The van der Waals surface area contributed by atoms with E-state index in [9.17, 15) is 0 Å². The topological polar surface area (TPSA) is 108 Å². The summed E-state index contributed by atoms with van der Waals surface area (Å²) in [5.74, 6) is 2.00. The molecule has 6 heteroatoms. The van der Waals surface area contributed by atoms with Crippen LogP contribution >= 0.6 is 0 Å². The molecule has 0 saturated heterocycles. The minimum atomic E-state index is -1.83. The molecule has 0 spiro atoms. The maximum atomic E-state index is 8.56. The molecule has 0 aromatic heterocycles. The Morgan fingerprint density at radius 1 is 1.43 bits per heavy atom. The van der Waals surface area contributed by atoms with E-state index < -0.39 is 6.16 Å². The molecule has 0 saturated carbocycles. The summed E-state index contributed by atoms with van der Waals surface area (Å²) in [4.78, 5) is 8.56. The standard InChI is InChI=1S/CH2O3.K.H3NO.H/c2-1(3)4;;1-2;/h(H2,2,3,4);;1H3;. The zero-order valence-corrected chi connectivity index (χ0v) is 2.92. The summed E-state index contributed by atoms with van der Waals surface area (Å²) in [6.07, 6.45) is -1.83. The van der Waals surface area contributed by atoms with Gasteiger partial charge in [0.15, 0.2) is 0 Å². The summed E-state index contributed by atoms with van der Waals surface area (Å²) in [5, 5.41) is 21.9. The van der Waals surface area contributed by atoms with E-state index in [4.69, 9.17) is 20.2 Å². The van der Waals surface area contributed by atoms with Gasteiger partial charge in [0.1, 0.15) is 0 Å². The molecule has 0 aliphatic rings. The van der Waals surface area contributed by atoms with Gasteiger partial charge in [-0.25, -0.2) is 4.79 Å². The van der Waals surface area contributed by atoms with Crippen LogP contribution in [0.3, 0.4) is 0 Å². The summed E-state index contributed by atoms with van der Waals surface area (Å²) >= 11 is 0. The Bertz CT molecular complexity index is 34.7. The fourth-order valence-electron chi connectivity index (χ4n) is 0. The monoisotopic (exact) mass is 135 g/mol. The quantitative estimate of drug-likeness (QED) is 0.271. The molecule has 0 unspecified atom stereocenters. The van der Waals surface area contributed by atoms with E-state index in [0.29, 0.717) is 0 Å². The van der Waals surface area contributed by atoms with Gasteiger partial charge >= 0.3 is 57.5 Å². The second kappa shape index (κ2) is 15.8. The van der Waals surface area contributed by atoms with Crippen molar-refractivity contribution in [1.82, 2.24) is 0 Å². The van der Waals surface area contributed by atoms with Crippen LogP contribution in [0.1, 0.15) is 0 Å². The summed E-state index contributed by atoms with van der Waals surface area (Å²) < 4.78 is 0. The molecule has 0 aliphatic carbocycles. The number of hydrogen-bond donors (Lipinski definition) is 3. The van der Waals surface area contributed by atoms with E-state index in [0.717, 1.165) is 0 Å². The molecule has 0 atom stereocenters. The van der Waals surface area contributed by atoms with Gasteiger partial charge in [-0.1, -0.05) is 0 Å². The first kappa shape index (κ1) is 15.7. The molecule has 0 heterocycles. The van der Waals surface area contributed by atoms with Gasteiger partial charge in [-0.3, -0.25) is 0 Å². The first-order valence-corrected chi connectivity index (χ1v) is 0.940. The molecule has 7 heavy (non-hydrogen) atoms. The smallest absolute Gasteiger partial charge is 0.397 e. The van der Waals surface area contributed by atoms with Crippen molar-refractivity contribution in [2.24, 2.45) is 0 Å². The Hall–Kier alpha value is 0.826. The average Bonchev–Trinajstić information content (AvgIpc) is 1.41. The Morgan fingerprint density at radius 3 is 1.43 bits per heavy atom. The Kier molecular flexibility index (Phi) is 35.4. The van der Waals surface area contributed by atoms with E-state index in [1.807, 2.05) is 5.90 Å². The van der Waals surface area contributed by atoms with Crippen LogP contribution in [0.15, 0.2) is 0 Å². The van der Waals surface area contributed by atoms with Crippen molar-refractivity contribution < 1.29 is 20.9 Å². The number of quaternary nitrogens is 1. The van der Waals surface area contributed by atoms with E-state index in [-0.39, 0.29) is 51.4 Å². The molecule has 0 aromatic carbocycles. The molecule has 5 N–H and O–H groups in total. The first-order chi connectivity index (χ1) is 2.73. The van der Waals surface area contributed by atoms with Crippen molar-refractivity contribution in [3.63, 3.8) is 0 Å². The van der Waals surface area contributed by atoms with Crippen LogP contribution in [0.4, 0.5) is 4.79 Å². The van der Waals surface area contributed by atoms with Crippen LogP contribution in [0.2, 0.25) is 0 Å². The van der Waals surface area contributed by atoms with Gasteiger partial charge in [0.05, 0.1) is 0 Å². The minimum absolute atomic E-state index is 0. The van der Waals surface area contributed by atoms with Gasteiger partial charge < -0.3 is 21.3 Å². The number of carbonyl (C=O) groups is 1. The minimum Gasteiger partial charge on any atom is -0.637 e. The summed E-state index contributed by atoms with van der Waals surface area (Å²) in [5.41, 5.74) is 0. The Morgan fingerprint density at radius 2 is 1.43 bits per heavy atom. The van der Waals surface area contributed by atoms with Crippen molar-refractivity contribution in [2.75, 3.05) is 0 Å². The number of hydrogen-bond acceptors (Lipinski definition) is 2. The predicted octanol–water partition coefficient (Wildman–Crippen LogP) is -1.70. The number of carboxylic acid groups (broad SMARTS) is 2. The van der Waals surface area contributed by atoms with Crippen molar-refractivity contribution >= 4 is 57.5 Å². The normalized spacial score (nSPS) is 4.29. The molecule has 0 bridgehead atoms. The molecular weight excluding hydrogens is 129 g/mol. The molecule has 0 fully saturated rings. The molecule has 0 aliphatic heterocycles. The van der Waals surface area contributed by atoms with Crippen molar-refractivity contribution in [3.8, 4) is 0 Å². The second-order valence-electron chi connectivity index (χ2n) is 0.283. The van der Waals surface area contributed by atoms with Crippen molar-refractivity contribution in [1.29, 1.82) is 0 Å². The third-order valence-electron chi connectivity index (χ3n) is 0. The van der Waals surface area contributed by atoms with Gasteiger partial charge in [0.25, 0.3) is 0 Å².